The molecule has 4 nitrogen and oxygen atoms in total. The van der Waals surface area contributed by atoms with Gasteiger partial charge in [-0.3, -0.25) is 4.79 Å². The first-order chi connectivity index (χ1) is 11.2. The first kappa shape index (κ1) is 17.3. The molecule has 0 bridgehead atoms. The lowest BCUT2D eigenvalue weighted by Crippen LogP contribution is -2.13. The van der Waals surface area contributed by atoms with Gasteiger partial charge in [-0.25, -0.2) is 0 Å². The van der Waals surface area contributed by atoms with Gasteiger partial charge < -0.3 is 15.3 Å². The second-order valence-corrected chi connectivity index (χ2v) is 6.10. The second kappa shape index (κ2) is 6.62. The Hall–Kier alpha value is -3.01. The molecule has 2 aromatic carbocycles. The molecular weight excluding hydrogens is 304 g/mol. The lowest BCUT2D eigenvalue weighted by molar-refractivity contribution is 0.104. The van der Waals surface area contributed by atoms with E-state index in [-0.39, 0.29) is 23.0 Å². The fourth-order valence-electron chi connectivity index (χ4n) is 2.24. The average Bonchev–Trinajstić information content (AvgIpc) is 2.54. The van der Waals surface area contributed by atoms with E-state index in [1.165, 1.54) is 42.5 Å². The molecule has 0 radical (unpaired) electrons. The summed E-state index contributed by atoms with van der Waals surface area (Å²) in [7, 11) is 0. The van der Waals surface area contributed by atoms with E-state index in [9.17, 15) is 20.1 Å². The Morgan fingerprint density at radius 2 is 1.67 bits per heavy atom. The maximum Gasteiger partial charge on any atom is 0.185 e. The van der Waals surface area contributed by atoms with Crippen LogP contribution in [0, 0.1) is 0 Å². The lowest BCUT2D eigenvalue weighted by atomic mass is 9.83. The number of carbonyl (C=O) groups excluding carboxylic acids is 1. The van der Waals surface area contributed by atoms with Crippen LogP contribution in [0.5, 0.6) is 17.2 Å². The van der Waals surface area contributed by atoms with Gasteiger partial charge in [0, 0.05) is 28.2 Å². The summed E-state index contributed by atoms with van der Waals surface area (Å²) in [5.74, 6) is -0.319. The third-order valence-electron chi connectivity index (χ3n) is 3.92. The fraction of sp³-hybridized carbons (Fsp3) is 0.150. The van der Waals surface area contributed by atoms with Crippen molar-refractivity contribution in [3.05, 3.63) is 71.8 Å². The van der Waals surface area contributed by atoms with Crippen LogP contribution in [-0.2, 0) is 5.41 Å². The highest BCUT2D eigenvalue weighted by atomic mass is 16.3. The molecule has 2 aromatic rings. The van der Waals surface area contributed by atoms with Gasteiger partial charge in [0.2, 0.25) is 0 Å². The molecule has 0 aliphatic heterocycles. The van der Waals surface area contributed by atoms with E-state index in [1.54, 1.807) is 12.1 Å². The Labute approximate surface area is 141 Å². The molecular formula is C20H20O4. The minimum absolute atomic E-state index is 0.0283. The van der Waals surface area contributed by atoms with Gasteiger partial charge in [-0.05, 0) is 42.5 Å². The van der Waals surface area contributed by atoms with Gasteiger partial charge in [0.25, 0.3) is 0 Å². The summed E-state index contributed by atoms with van der Waals surface area (Å²) in [5, 5.41) is 29.3. The van der Waals surface area contributed by atoms with Crippen molar-refractivity contribution in [2.24, 2.45) is 0 Å². The van der Waals surface area contributed by atoms with Gasteiger partial charge in [-0.1, -0.05) is 19.9 Å². The molecule has 0 saturated heterocycles. The van der Waals surface area contributed by atoms with Crippen molar-refractivity contribution in [1.29, 1.82) is 0 Å². The van der Waals surface area contributed by atoms with Gasteiger partial charge in [0.1, 0.15) is 17.2 Å². The minimum atomic E-state index is -0.485. The molecule has 0 fully saturated rings. The van der Waals surface area contributed by atoms with E-state index >= 15 is 0 Å². The lowest BCUT2D eigenvalue weighted by Gasteiger charge is -2.22. The molecule has 0 amide bonds. The number of hydrogen-bond acceptors (Lipinski definition) is 4. The number of carbonyl (C=O) groups is 1. The highest BCUT2D eigenvalue weighted by Crippen LogP contribution is 2.36. The molecule has 0 atom stereocenters. The Morgan fingerprint density at radius 1 is 1.04 bits per heavy atom. The Bertz CT molecular complexity index is 799. The summed E-state index contributed by atoms with van der Waals surface area (Å²) in [5.41, 5.74) is 0.965. The summed E-state index contributed by atoms with van der Waals surface area (Å²) >= 11 is 0. The molecule has 4 heteroatoms. The molecule has 3 N–H and O–H groups in total. The zero-order chi connectivity index (χ0) is 17.9. The van der Waals surface area contributed by atoms with Crippen LogP contribution < -0.4 is 0 Å². The molecule has 2 rings (SSSR count). The van der Waals surface area contributed by atoms with Crippen LogP contribution >= 0.6 is 0 Å². The first-order valence-corrected chi connectivity index (χ1v) is 7.46. The third kappa shape index (κ3) is 3.66. The maximum absolute atomic E-state index is 12.1. The van der Waals surface area contributed by atoms with Crippen molar-refractivity contribution in [2.75, 3.05) is 0 Å². The molecule has 124 valence electrons. The number of hydrogen-bond donors (Lipinski definition) is 3. The monoisotopic (exact) mass is 324 g/mol. The summed E-state index contributed by atoms with van der Waals surface area (Å²) in [6, 6.07) is 8.79. The number of ketones is 1. The van der Waals surface area contributed by atoms with Gasteiger partial charge in [0.05, 0.1) is 0 Å². The van der Waals surface area contributed by atoms with E-state index in [1.807, 2.05) is 13.8 Å². The molecule has 0 aliphatic rings. The van der Waals surface area contributed by atoms with E-state index in [0.717, 1.165) is 0 Å². The number of aromatic hydroxyl groups is 3. The molecule has 0 heterocycles. The Morgan fingerprint density at radius 3 is 2.25 bits per heavy atom. The van der Waals surface area contributed by atoms with Crippen LogP contribution in [0.4, 0.5) is 0 Å². The topological polar surface area (TPSA) is 77.8 Å². The SMILES string of the molecule is C=CC(C)(C)c1cc(/C=C/C(=O)c2ccc(O)cc2)c(O)cc1O. The summed E-state index contributed by atoms with van der Waals surface area (Å²) in [6.07, 6.45) is 4.53. The minimum Gasteiger partial charge on any atom is -0.508 e. The van der Waals surface area contributed by atoms with E-state index in [4.69, 9.17) is 0 Å². The normalized spacial score (nSPS) is 11.6. The largest absolute Gasteiger partial charge is 0.508 e. The molecule has 0 spiro atoms. The molecule has 24 heavy (non-hydrogen) atoms. The Kier molecular flexibility index (Phi) is 4.79. The maximum atomic E-state index is 12.1. The van der Waals surface area contributed by atoms with Crippen LogP contribution in [0.25, 0.3) is 6.08 Å². The van der Waals surface area contributed by atoms with Crippen molar-refractivity contribution in [3.63, 3.8) is 0 Å². The van der Waals surface area contributed by atoms with Crippen molar-refractivity contribution in [2.45, 2.75) is 19.3 Å². The quantitative estimate of drug-likeness (QED) is 0.438. The van der Waals surface area contributed by atoms with Gasteiger partial charge >= 0.3 is 0 Å². The first-order valence-electron chi connectivity index (χ1n) is 7.46. The zero-order valence-corrected chi connectivity index (χ0v) is 13.7. The van der Waals surface area contributed by atoms with Crippen LogP contribution in [-0.4, -0.2) is 21.1 Å². The molecule has 0 aliphatic carbocycles. The molecule has 0 unspecified atom stereocenters. The van der Waals surface area contributed by atoms with Crippen molar-refractivity contribution < 1.29 is 20.1 Å². The summed E-state index contributed by atoms with van der Waals surface area (Å²) in [4.78, 5) is 12.1. The van der Waals surface area contributed by atoms with Crippen LogP contribution in [0.2, 0.25) is 0 Å². The number of phenolic OH excluding ortho intramolecular Hbond substituents is 3. The number of phenols is 3. The number of rotatable bonds is 5. The summed E-state index contributed by atoms with van der Waals surface area (Å²) in [6.45, 7) is 7.54. The van der Waals surface area contributed by atoms with Crippen LogP contribution in [0.3, 0.4) is 0 Å². The van der Waals surface area contributed by atoms with Gasteiger partial charge in [-0.2, -0.15) is 0 Å². The fourth-order valence-corrected chi connectivity index (χ4v) is 2.24. The smallest absolute Gasteiger partial charge is 0.185 e. The van der Waals surface area contributed by atoms with E-state index < -0.39 is 5.41 Å². The van der Waals surface area contributed by atoms with Crippen LogP contribution in [0.1, 0.15) is 35.3 Å². The van der Waals surface area contributed by atoms with Crippen LogP contribution in [0.15, 0.2) is 55.1 Å². The van der Waals surface area contributed by atoms with Gasteiger partial charge in [-0.15, -0.1) is 6.58 Å². The second-order valence-electron chi connectivity index (χ2n) is 6.10. The predicted octanol–water partition coefficient (Wildman–Crippen LogP) is 4.16. The van der Waals surface area contributed by atoms with E-state index in [2.05, 4.69) is 6.58 Å². The molecule has 0 saturated carbocycles. The number of benzene rings is 2. The highest BCUT2D eigenvalue weighted by Gasteiger charge is 2.21. The zero-order valence-electron chi connectivity index (χ0n) is 13.7. The Balaban J connectivity index is 2.35. The van der Waals surface area contributed by atoms with Crippen molar-refractivity contribution in [1.82, 2.24) is 0 Å². The summed E-state index contributed by atoms with van der Waals surface area (Å²) < 4.78 is 0. The predicted molar refractivity (Wildman–Crippen MR) is 94.5 cm³/mol. The third-order valence-corrected chi connectivity index (χ3v) is 3.92. The standard InChI is InChI=1S/C20H20O4/c1-4-20(2,3)16-11-14(18(23)12-19(16)24)7-10-17(22)13-5-8-15(21)9-6-13/h4-12,21,23-24H,1H2,2-3H3/b10-7+. The van der Waals surface area contributed by atoms with Crippen molar-refractivity contribution in [3.8, 4) is 17.2 Å². The average molecular weight is 324 g/mol. The van der Waals surface area contributed by atoms with Crippen molar-refractivity contribution >= 4 is 11.9 Å². The molecule has 0 aromatic heterocycles. The van der Waals surface area contributed by atoms with E-state index in [0.29, 0.717) is 16.7 Å². The highest BCUT2D eigenvalue weighted by molar-refractivity contribution is 6.07. The number of allylic oxidation sites excluding steroid dienone is 2. The van der Waals surface area contributed by atoms with Gasteiger partial charge in [0.15, 0.2) is 5.78 Å².